The summed E-state index contributed by atoms with van der Waals surface area (Å²) in [4.78, 5) is 70.6. The molecule has 5 unspecified atom stereocenters. The third kappa shape index (κ3) is 41.4. The Hall–Kier alpha value is -6.53. The summed E-state index contributed by atoms with van der Waals surface area (Å²) in [5.41, 5.74) is -2.96. The average molecular weight is 1710 g/mol. The molecule has 3 aromatic rings. The highest BCUT2D eigenvalue weighted by molar-refractivity contribution is 7.87. The van der Waals surface area contributed by atoms with Crippen molar-refractivity contribution in [1.29, 1.82) is 0 Å². The normalized spacial score (nSPS) is 18.7. The molecule has 111 heavy (non-hydrogen) atoms. The van der Waals surface area contributed by atoms with Crippen LogP contribution in [-0.4, -0.2) is 166 Å². The smallest absolute Gasteiger partial charge is 0.426 e. The Bertz CT molecular complexity index is 3940. The first-order valence-corrected chi connectivity index (χ1v) is 42.7. The molecule has 4 aliphatic carbocycles. The van der Waals surface area contributed by atoms with Crippen LogP contribution in [0.5, 0.6) is 11.5 Å². The summed E-state index contributed by atoms with van der Waals surface area (Å²) in [5.74, 6) is -6.33. The number of halogens is 8. The number of hydrogen-bond donors (Lipinski definition) is 5. The van der Waals surface area contributed by atoms with E-state index in [2.05, 4.69) is 65.3 Å². The van der Waals surface area contributed by atoms with Crippen molar-refractivity contribution in [1.82, 2.24) is 0 Å². The molecule has 0 aromatic heterocycles. The van der Waals surface area contributed by atoms with Gasteiger partial charge in [0.2, 0.25) is 12.2 Å². The molecule has 4 saturated carbocycles. The molecule has 0 aliphatic heterocycles. The first-order valence-electron chi connectivity index (χ1n) is 34.3. The molecule has 3 aromatic carbocycles. The van der Waals surface area contributed by atoms with Crippen LogP contribution in [0.3, 0.4) is 0 Å². The number of esters is 6. The minimum absolute atomic E-state index is 0.0113. The summed E-state index contributed by atoms with van der Waals surface area (Å²) >= 11 is 0. The fourth-order valence-corrected chi connectivity index (χ4v) is 11.6. The van der Waals surface area contributed by atoms with Crippen LogP contribution in [0.25, 0.3) is 0 Å². The monoisotopic (exact) mass is 1700 g/mol. The maximum Gasteiger partial charge on any atom is 0.426 e. The topological polar surface area (TPSA) is 430 Å². The van der Waals surface area contributed by atoms with E-state index in [1.807, 2.05) is 84.9 Å². The van der Waals surface area contributed by atoms with Crippen molar-refractivity contribution >= 4 is 86.4 Å². The number of benzene rings is 3. The molecule has 640 valence electrons. The summed E-state index contributed by atoms with van der Waals surface area (Å²) in [6.07, 6.45) is -10.6. The number of rotatable bonds is 23. The van der Waals surface area contributed by atoms with Crippen molar-refractivity contribution in [3.63, 3.8) is 0 Å². The first kappa shape index (κ1) is 107. The van der Waals surface area contributed by atoms with Crippen molar-refractivity contribution in [3.05, 3.63) is 96.6 Å². The van der Waals surface area contributed by atoms with Gasteiger partial charge in [-0.2, -0.15) is 77.2 Å². The minimum atomic E-state index is -5.61. The molecule has 4 aliphatic rings. The summed E-state index contributed by atoms with van der Waals surface area (Å²) in [5, 5.41) is -4.52. The lowest BCUT2D eigenvalue weighted by molar-refractivity contribution is -0.239. The van der Waals surface area contributed by atoms with Gasteiger partial charge in [-0.25, -0.2) is 0 Å². The Balaban J connectivity index is 0. The third-order valence-corrected chi connectivity index (χ3v) is 20.4. The number of para-hydroxylation sites is 2. The van der Waals surface area contributed by atoms with Gasteiger partial charge in [0.05, 0.1) is 39.6 Å². The highest BCUT2D eigenvalue weighted by atomic mass is 32.2. The van der Waals surface area contributed by atoms with Gasteiger partial charge < -0.3 is 28.4 Å². The van der Waals surface area contributed by atoms with E-state index in [1.165, 1.54) is 25.8 Å². The SMILES string of the molecule is CC(=O)OC(CS(=O)(=O)O)C(F)(F)F.CCC(C)(C)C(=O)OC(C)C(F)(F)S(=O)(=O)O.CCC(C)(C)C(=O)OC12CC3CC(C1)CC(C(=O)OC(CS(=O)(=O)O)C(F)(F)F)(C3)C2.CCC(C)(C)C(=O)Oc1ccccc1.CCC(C)(C)C(=O)Oc1ccccc1.CCC(C)(C)c1ccccc1.CS(=O)(=O)O.CS(=O)(=O)O. The van der Waals surface area contributed by atoms with E-state index in [9.17, 15) is 106 Å². The number of alkyl halides is 8. The molecule has 0 amide bonds. The molecule has 40 heteroatoms. The summed E-state index contributed by atoms with van der Waals surface area (Å²) < 4.78 is 271. The van der Waals surface area contributed by atoms with Crippen molar-refractivity contribution < 1.29 is 157 Å². The lowest BCUT2D eigenvalue weighted by atomic mass is 9.48. The second-order valence-corrected chi connectivity index (χ2v) is 37.3. The van der Waals surface area contributed by atoms with Crippen molar-refractivity contribution in [2.75, 3.05) is 24.0 Å². The highest BCUT2D eigenvalue weighted by Crippen LogP contribution is 2.64. The predicted molar refractivity (Wildman–Crippen MR) is 394 cm³/mol. The van der Waals surface area contributed by atoms with Gasteiger partial charge in [0.25, 0.3) is 40.5 Å². The zero-order chi connectivity index (χ0) is 87.6. The maximum absolute atomic E-state index is 13.3. The summed E-state index contributed by atoms with van der Waals surface area (Å²) in [6.45, 7) is 29.7. The van der Waals surface area contributed by atoms with Gasteiger partial charge in [-0.3, -0.25) is 51.5 Å². The molecule has 5 atom stereocenters. The maximum atomic E-state index is 13.3. The fraction of sp³-hybridized carbons (Fsp3) is 0.662. The zero-order valence-corrected chi connectivity index (χ0v) is 69.6. The fourth-order valence-electron chi connectivity index (χ4n) is 9.84. The van der Waals surface area contributed by atoms with Gasteiger partial charge in [0.15, 0.2) is 6.10 Å². The van der Waals surface area contributed by atoms with Gasteiger partial charge in [-0.05, 0) is 174 Å². The van der Waals surface area contributed by atoms with E-state index in [1.54, 1.807) is 45.0 Å². The molecule has 4 fully saturated rings. The van der Waals surface area contributed by atoms with Gasteiger partial charge >= 0.3 is 63.5 Å². The number of hydrogen-bond acceptors (Lipinski definition) is 22. The number of ether oxygens (including phenoxy) is 6. The van der Waals surface area contributed by atoms with E-state index in [-0.39, 0.29) is 30.2 Å². The van der Waals surface area contributed by atoms with E-state index >= 15 is 0 Å². The van der Waals surface area contributed by atoms with Crippen molar-refractivity contribution in [2.45, 2.75) is 235 Å². The molecule has 0 radical (unpaired) electrons. The van der Waals surface area contributed by atoms with Crippen LogP contribution in [0.2, 0.25) is 0 Å². The quantitative estimate of drug-likeness (QED) is 0.0193. The van der Waals surface area contributed by atoms with Crippen LogP contribution >= 0.6 is 0 Å². The molecule has 7 rings (SSSR count). The van der Waals surface area contributed by atoms with Crippen LogP contribution < -0.4 is 9.47 Å². The Kier molecular flexibility index (Phi) is 41.0. The molecular formula is C71H108F8O27S5. The van der Waals surface area contributed by atoms with E-state index in [0.717, 1.165) is 19.3 Å². The van der Waals surface area contributed by atoms with Crippen LogP contribution in [0.1, 0.15) is 194 Å². The van der Waals surface area contributed by atoms with Gasteiger partial charge in [0.1, 0.15) is 28.6 Å². The second kappa shape index (κ2) is 42.7. The average Bonchev–Trinajstić information content (AvgIpc) is 0.713. The predicted octanol–water partition coefficient (Wildman–Crippen LogP) is 14.3. The van der Waals surface area contributed by atoms with Crippen LogP contribution in [-0.2, 0) is 104 Å². The highest BCUT2D eigenvalue weighted by Gasteiger charge is 2.64. The molecule has 0 saturated heterocycles. The third-order valence-electron chi connectivity index (χ3n) is 18.0. The largest absolute Gasteiger partial charge is 0.459 e. The Morgan fingerprint density at radius 2 is 0.766 bits per heavy atom. The van der Waals surface area contributed by atoms with Gasteiger partial charge in [0, 0.05) is 13.3 Å². The minimum Gasteiger partial charge on any atom is -0.459 e. The van der Waals surface area contributed by atoms with Gasteiger partial charge in [-0.1, -0.05) is 115 Å². The number of carbonyl (C=O) groups is 6. The van der Waals surface area contributed by atoms with E-state index in [4.69, 9.17) is 37.0 Å². The lowest BCUT2D eigenvalue weighted by Gasteiger charge is -2.60. The molecule has 5 N–H and O–H groups in total. The van der Waals surface area contributed by atoms with Crippen LogP contribution in [0.15, 0.2) is 91.0 Å². The lowest BCUT2D eigenvalue weighted by Crippen LogP contribution is -2.61. The molecule has 0 spiro atoms. The van der Waals surface area contributed by atoms with Crippen molar-refractivity contribution in [3.8, 4) is 11.5 Å². The first-order chi connectivity index (χ1) is 49.7. The van der Waals surface area contributed by atoms with Crippen LogP contribution in [0.4, 0.5) is 35.1 Å². The van der Waals surface area contributed by atoms with Crippen molar-refractivity contribution in [2.24, 2.45) is 38.9 Å². The van der Waals surface area contributed by atoms with Gasteiger partial charge in [-0.15, -0.1) is 0 Å². The van der Waals surface area contributed by atoms with Crippen LogP contribution in [0, 0.1) is 38.9 Å². The number of carbonyl (C=O) groups excluding carboxylic acids is 6. The zero-order valence-electron chi connectivity index (χ0n) is 65.5. The summed E-state index contributed by atoms with van der Waals surface area (Å²) in [6, 6.07) is 29.0. The van der Waals surface area contributed by atoms with E-state index < -0.39 is 155 Å². The second-order valence-electron chi connectivity index (χ2n) is 29.9. The molecule has 27 nitrogen and oxygen atoms in total. The summed E-state index contributed by atoms with van der Waals surface area (Å²) in [7, 11) is -22.8. The molecule has 4 bridgehead atoms. The Labute approximate surface area is 646 Å². The Morgan fingerprint density at radius 3 is 1.05 bits per heavy atom. The standard InChI is InChI=1S/C20H29F3O7S.2C12H16O2.C11H16.C9H16F2O5S.C5H7F3O5S.2CH4O3S/c1-4-17(2,3)15(24)30-19-8-12-5-13(9-19)7-18(6-12,11-19)16(25)29-14(20(21,22)23)10-31(26,27)28;2*1-4-12(2,3)11(13)14-10-8-6-5-7-9-10;1-4-11(2,3)10-8-6-5-7-9-10;1-5-8(3,4)7(12)16-6(2)9(10,11)17(13,14)15;1-3(9)13-4(5(6,7)8)2-14(10,11)12;2*1-5(2,3)4/h12-14H,4-11H2,1-3H3,(H,26,27,28);2*5-9H,4H2,1-3H3;5-9H,4H2,1-3H3;6H,5H2,1-4H3,(H,13,14,15);4H,2H2,1H3,(H,10,11,12);2*1H3,(H,2,3,4). The Morgan fingerprint density at radius 1 is 0.459 bits per heavy atom. The van der Waals surface area contributed by atoms with E-state index in [0.29, 0.717) is 81.8 Å². The molecular weight excluding hydrogens is 1600 g/mol. The molecule has 0 heterocycles.